The highest BCUT2D eigenvalue weighted by atomic mass is 16.5. The summed E-state index contributed by atoms with van der Waals surface area (Å²) < 4.78 is 10.5. The molecular formula is C20H25NO3. The van der Waals surface area contributed by atoms with E-state index in [1.807, 2.05) is 67.3 Å². The van der Waals surface area contributed by atoms with E-state index in [-0.39, 0.29) is 11.9 Å². The molecule has 1 amide bonds. The van der Waals surface area contributed by atoms with Crippen molar-refractivity contribution in [1.29, 1.82) is 0 Å². The Kier molecular flexibility index (Phi) is 6.24. The quantitative estimate of drug-likeness (QED) is 0.775. The molecule has 1 unspecified atom stereocenters. The van der Waals surface area contributed by atoms with Gasteiger partial charge < -0.3 is 14.4 Å². The first kappa shape index (κ1) is 17.9. The summed E-state index contributed by atoms with van der Waals surface area (Å²) in [6.07, 6.45) is 0.360. The average Bonchev–Trinajstić information content (AvgIpc) is 2.62. The third-order valence-electron chi connectivity index (χ3n) is 4.19. The molecule has 0 N–H and O–H groups in total. The number of carbonyl (C=O) groups is 1. The number of nitrogens with zero attached hydrogens (tertiary/aromatic N) is 1. The Bertz CT molecular complexity index is 684. The molecule has 2 aromatic carbocycles. The van der Waals surface area contributed by atoms with Crippen LogP contribution in [0.25, 0.3) is 0 Å². The Balaban J connectivity index is 2.15. The maximum absolute atomic E-state index is 12.8. The lowest BCUT2D eigenvalue weighted by molar-refractivity contribution is -0.132. The lowest BCUT2D eigenvalue weighted by Gasteiger charge is -2.29. The molecule has 0 fully saturated rings. The van der Waals surface area contributed by atoms with Crippen molar-refractivity contribution in [2.45, 2.75) is 26.3 Å². The minimum atomic E-state index is -0.0109. The van der Waals surface area contributed by atoms with Crippen LogP contribution in [0.1, 0.15) is 31.0 Å². The molecular weight excluding hydrogens is 302 g/mol. The zero-order valence-corrected chi connectivity index (χ0v) is 14.8. The third kappa shape index (κ3) is 4.28. The van der Waals surface area contributed by atoms with E-state index in [1.54, 1.807) is 14.2 Å². The predicted octanol–water partition coefficient (Wildman–Crippen LogP) is 3.86. The molecule has 0 aliphatic heterocycles. The van der Waals surface area contributed by atoms with Crippen LogP contribution in [0.15, 0.2) is 48.5 Å². The van der Waals surface area contributed by atoms with Crippen LogP contribution >= 0.6 is 0 Å². The van der Waals surface area contributed by atoms with E-state index in [2.05, 4.69) is 0 Å². The van der Waals surface area contributed by atoms with Gasteiger partial charge in [-0.05, 0) is 49.2 Å². The minimum absolute atomic E-state index is 0.0109. The summed E-state index contributed by atoms with van der Waals surface area (Å²) >= 11 is 0. The monoisotopic (exact) mass is 327 g/mol. The van der Waals surface area contributed by atoms with Gasteiger partial charge in [0.05, 0.1) is 26.7 Å². The minimum Gasteiger partial charge on any atom is -0.497 e. The van der Waals surface area contributed by atoms with Crippen molar-refractivity contribution in [2.75, 3.05) is 20.8 Å². The summed E-state index contributed by atoms with van der Waals surface area (Å²) in [5.41, 5.74) is 2.02. The molecule has 128 valence electrons. The van der Waals surface area contributed by atoms with Gasteiger partial charge in [-0.2, -0.15) is 0 Å². The van der Waals surface area contributed by atoms with Crippen LogP contribution in [0.3, 0.4) is 0 Å². The second-order valence-corrected chi connectivity index (χ2v) is 5.66. The van der Waals surface area contributed by atoms with Crippen molar-refractivity contribution in [2.24, 2.45) is 0 Å². The van der Waals surface area contributed by atoms with Crippen LogP contribution in [0.2, 0.25) is 0 Å². The number of methoxy groups -OCH3 is 2. The topological polar surface area (TPSA) is 38.8 Å². The summed E-state index contributed by atoms with van der Waals surface area (Å²) in [4.78, 5) is 14.6. The predicted molar refractivity (Wildman–Crippen MR) is 95.5 cm³/mol. The van der Waals surface area contributed by atoms with E-state index in [4.69, 9.17) is 9.47 Å². The highest BCUT2D eigenvalue weighted by Gasteiger charge is 2.20. The molecule has 0 spiro atoms. The summed E-state index contributed by atoms with van der Waals surface area (Å²) in [6.45, 7) is 4.70. The molecule has 0 bridgehead atoms. The molecule has 0 aliphatic rings. The molecule has 1 atom stereocenters. The average molecular weight is 327 g/mol. The van der Waals surface area contributed by atoms with Crippen LogP contribution in [-0.2, 0) is 11.2 Å². The molecule has 0 aromatic heterocycles. The molecule has 0 heterocycles. The first-order valence-corrected chi connectivity index (χ1v) is 8.15. The fraction of sp³-hybridized carbons (Fsp3) is 0.350. The maximum atomic E-state index is 12.8. The van der Waals surface area contributed by atoms with Crippen LogP contribution in [0, 0.1) is 0 Å². The first-order valence-electron chi connectivity index (χ1n) is 8.15. The van der Waals surface area contributed by atoms with Gasteiger partial charge in [0.25, 0.3) is 0 Å². The Morgan fingerprint density at radius 2 is 1.67 bits per heavy atom. The molecule has 2 rings (SSSR count). The first-order chi connectivity index (χ1) is 11.6. The van der Waals surface area contributed by atoms with Gasteiger partial charge in [-0.15, -0.1) is 0 Å². The lowest BCUT2D eigenvalue weighted by atomic mass is 10.0. The fourth-order valence-electron chi connectivity index (χ4n) is 2.81. The Morgan fingerprint density at radius 1 is 1.04 bits per heavy atom. The molecule has 4 heteroatoms. The van der Waals surface area contributed by atoms with Crippen LogP contribution in [0.4, 0.5) is 0 Å². The van der Waals surface area contributed by atoms with Crippen LogP contribution < -0.4 is 9.47 Å². The van der Waals surface area contributed by atoms with Gasteiger partial charge in [-0.1, -0.05) is 24.3 Å². The summed E-state index contributed by atoms with van der Waals surface area (Å²) in [5.74, 6) is 1.67. The van der Waals surface area contributed by atoms with Crippen molar-refractivity contribution in [3.8, 4) is 11.5 Å². The number of hydrogen-bond acceptors (Lipinski definition) is 3. The van der Waals surface area contributed by atoms with Crippen LogP contribution in [-0.4, -0.2) is 31.6 Å². The molecule has 24 heavy (non-hydrogen) atoms. The van der Waals surface area contributed by atoms with Gasteiger partial charge in [-0.3, -0.25) is 4.79 Å². The van der Waals surface area contributed by atoms with E-state index in [9.17, 15) is 4.79 Å². The van der Waals surface area contributed by atoms with E-state index in [0.717, 1.165) is 22.6 Å². The van der Waals surface area contributed by atoms with E-state index in [0.29, 0.717) is 13.0 Å². The fourth-order valence-corrected chi connectivity index (χ4v) is 2.81. The third-order valence-corrected chi connectivity index (χ3v) is 4.19. The Morgan fingerprint density at radius 3 is 2.29 bits per heavy atom. The van der Waals surface area contributed by atoms with Gasteiger partial charge >= 0.3 is 0 Å². The van der Waals surface area contributed by atoms with Crippen molar-refractivity contribution >= 4 is 5.91 Å². The molecule has 0 aliphatic carbocycles. The number of benzene rings is 2. The summed E-state index contributed by atoms with van der Waals surface area (Å²) in [6, 6.07) is 15.5. The van der Waals surface area contributed by atoms with E-state index >= 15 is 0 Å². The Labute approximate surface area is 144 Å². The smallest absolute Gasteiger partial charge is 0.227 e. The van der Waals surface area contributed by atoms with Crippen molar-refractivity contribution in [3.05, 3.63) is 59.7 Å². The Hall–Kier alpha value is -2.49. The number of carbonyl (C=O) groups excluding carboxylic acids is 1. The molecule has 0 saturated carbocycles. The largest absolute Gasteiger partial charge is 0.497 e. The van der Waals surface area contributed by atoms with E-state index < -0.39 is 0 Å². The number of ether oxygens (including phenoxy) is 2. The molecule has 4 nitrogen and oxygen atoms in total. The van der Waals surface area contributed by atoms with Gasteiger partial charge in [0, 0.05) is 6.54 Å². The van der Waals surface area contributed by atoms with Crippen molar-refractivity contribution in [3.63, 3.8) is 0 Å². The zero-order valence-electron chi connectivity index (χ0n) is 14.8. The van der Waals surface area contributed by atoms with Gasteiger partial charge in [0.15, 0.2) is 0 Å². The lowest BCUT2D eigenvalue weighted by Crippen LogP contribution is -2.34. The van der Waals surface area contributed by atoms with Crippen molar-refractivity contribution < 1.29 is 14.3 Å². The second-order valence-electron chi connectivity index (χ2n) is 5.66. The normalized spacial score (nSPS) is 11.7. The SMILES string of the molecule is CCN(C(=O)Cc1cccc(OC)c1)C(C)c1cccc(OC)c1. The zero-order chi connectivity index (χ0) is 17.5. The number of amides is 1. The maximum Gasteiger partial charge on any atom is 0.227 e. The summed E-state index contributed by atoms with van der Waals surface area (Å²) in [7, 11) is 3.28. The highest BCUT2D eigenvalue weighted by Crippen LogP contribution is 2.25. The van der Waals surface area contributed by atoms with Gasteiger partial charge in [0.1, 0.15) is 11.5 Å². The van der Waals surface area contributed by atoms with E-state index in [1.165, 1.54) is 0 Å². The molecule has 0 saturated heterocycles. The number of hydrogen-bond donors (Lipinski definition) is 0. The number of rotatable bonds is 7. The highest BCUT2D eigenvalue weighted by molar-refractivity contribution is 5.79. The number of likely N-dealkylation sites (N-methyl/N-ethyl adjacent to an activating group) is 1. The second kappa shape index (κ2) is 8.39. The van der Waals surface area contributed by atoms with Gasteiger partial charge in [0.2, 0.25) is 5.91 Å². The van der Waals surface area contributed by atoms with Crippen LogP contribution in [0.5, 0.6) is 11.5 Å². The van der Waals surface area contributed by atoms with Crippen molar-refractivity contribution in [1.82, 2.24) is 4.90 Å². The molecule has 2 aromatic rings. The van der Waals surface area contributed by atoms with Gasteiger partial charge in [-0.25, -0.2) is 0 Å². The summed E-state index contributed by atoms with van der Waals surface area (Å²) in [5, 5.41) is 0. The standard InChI is InChI=1S/C20H25NO3/c1-5-21(15(2)17-9-7-11-19(14-17)24-4)20(22)13-16-8-6-10-18(12-16)23-3/h6-12,14-15H,5,13H2,1-4H3. The molecule has 0 radical (unpaired) electrons.